The monoisotopic (exact) mass is 229 g/mol. The second kappa shape index (κ2) is 5.45. The van der Waals surface area contributed by atoms with Gasteiger partial charge in [-0.1, -0.05) is 0 Å². The van der Waals surface area contributed by atoms with Crippen molar-refractivity contribution in [3.63, 3.8) is 0 Å². The fourth-order valence-electron chi connectivity index (χ4n) is 0.743. The van der Waals surface area contributed by atoms with Crippen molar-refractivity contribution in [1.29, 1.82) is 0 Å². The Morgan fingerprint density at radius 2 is 1.79 bits per heavy atom. The van der Waals surface area contributed by atoms with Crippen molar-refractivity contribution in [2.75, 3.05) is 19.0 Å². The van der Waals surface area contributed by atoms with E-state index >= 15 is 0 Å². The summed E-state index contributed by atoms with van der Waals surface area (Å²) in [5, 5.41) is 0. The van der Waals surface area contributed by atoms with Gasteiger partial charge in [0.15, 0.2) is 0 Å². The minimum atomic E-state index is -5.05. The van der Waals surface area contributed by atoms with Gasteiger partial charge < -0.3 is 17.8 Å². The zero-order valence-corrected chi connectivity index (χ0v) is 11.3. The number of anilines is 1. The number of rotatable bonds is 2. The maximum atomic E-state index is 12.2. The van der Waals surface area contributed by atoms with Gasteiger partial charge in [0.25, 0.3) is 0 Å². The predicted molar refractivity (Wildman–Crippen MR) is 45.1 cm³/mol. The molecule has 0 bridgehead atoms. The third-order valence-corrected chi connectivity index (χ3v) is 1.43. The minimum Gasteiger partial charge on any atom is -0.444 e. The SMILES string of the molecule is CN(C)c1cncc([B-](F)(F)F)n1.[K+]. The maximum absolute atomic E-state index is 12.2. The largest absolute Gasteiger partial charge is 1.00 e. The van der Waals surface area contributed by atoms with Gasteiger partial charge in [0, 0.05) is 25.9 Å². The molecule has 0 spiro atoms. The summed E-state index contributed by atoms with van der Waals surface area (Å²) in [4.78, 5) is 8.34. The van der Waals surface area contributed by atoms with Gasteiger partial charge in [0.05, 0.1) is 6.20 Å². The zero-order valence-electron chi connectivity index (χ0n) is 8.21. The van der Waals surface area contributed by atoms with E-state index in [-0.39, 0.29) is 57.2 Å². The summed E-state index contributed by atoms with van der Waals surface area (Å²) in [5.41, 5.74) is -0.911. The number of hydrogen-bond donors (Lipinski definition) is 0. The van der Waals surface area contributed by atoms with Gasteiger partial charge >= 0.3 is 58.4 Å². The van der Waals surface area contributed by atoms with Crippen LogP contribution in [0.25, 0.3) is 0 Å². The predicted octanol–water partition coefficient (Wildman–Crippen LogP) is -2.40. The molecule has 0 aliphatic carbocycles. The molecule has 0 unspecified atom stereocenters. The van der Waals surface area contributed by atoms with Crippen LogP contribution in [-0.2, 0) is 0 Å². The van der Waals surface area contributed by atoms with Gasteiger partial charge in [-0.25, -0.2) is 0 Å². The van der Waals surface area contributed by atoms with Crippen LogP contribution >= 0.6 is 0 Å². The molecule has 0 N–H and O–H groups in total. The molecule has 0 saturated carbocycles. The molecule has 1 aromatic rings. The van der Waals surface area contributed by atoms with Crippen LogP contribution < -0.4 is 61.9 Å². The van der Waals surface area contributed by atoms with Gasteiger partial charge in [-0.15, -0.1) is 0 Å². The number of halogens is 3. The van der Waals surface area contributed by atoms with E-state index in [1.165, 1.54) is 11.1 Å². The molecule has 72 valence electrons. The van der Waals surface area contributed by atoms with Crippen LogP contribution in [0.2, 0.25) is 0 Å². The summed E-state index contributed by atoms with van der Waals surface area (Å²) >= 11 is 0. The molecular weight excluding hydrogens is 221 g/mol. The van der Waals surface area contributed by atoms with Gasteiger partial charge in [-0.2, -0.15) is 0 Å². The summed E-state index contributed by atoms with van der Waals surface area (Å²) in [6, 6.07) is 0. The summed E-state index contributed by atoms with van der Waals surface area (Å²) in [7, 11) is 3.22. The van der Waals surface area contributed by atoms with Crippen LogP contribution in [-0.4, -0.2) is 31.0 Å². The van der Waals surface area contributed by atoms with Crippen LogP contribution in [0.1, 0.15) is 0 Å². The third-order valence-electron chi connectivity index (χ3n) is 1.43. The van der Waals surface area contributed by atoms with Crippen molar-refractivity contribution in [3.05, 3.63) is 12.4 Å². The fourth-order valence-corrected chi connectivity index (χ4v) is 0.743. The topological polar surface area (TPSA) is 29.0 Å². The van der Waals surface area contributed by atoms with Gasteiger partial charge in [0.2, 0.25) is 0 Å². The zero-order chi connectivity index (χ0) is 10.1. The molecule has 14 heavy (non-hydrogen) atoms. The Bertz CT molecular complexity index is 305. The van der Waals surface area contributed by atoms with Gasteiger partial charge in [-0.3, -0.25) is 9.97 Å². The Morgan fingerprint density at radius 1 is 1.21 bits per heavy atom. The standard InChI is InChI=1S/C6H8BF3N3.K/c1-13(2)6-4-11-3-5(12-6)7(8,9)10;/h3-4H,1-2H3;/q-1;+1. The van der Waals surface area contributed by atoms with Crippen molar-refractivity contribution >= 4 is 18.4 Å². The first-order valence-electron chi connectivity index (χ1n) is 3.60. The number of nitrogens with zero attached hydrogens (tertiary/aromatic N) is 3. The molecule has 3 nitrogen and oxygen atoms in total. The molecule has 8 heteroatoms. The van der Waals surface area contributed by atoms with E-state index in [9.17, 15) is 12.9 Å². The normalized spacial score (nSPS) is 10.6. The second-order valence-electron chi connectivity index (χ2n) is 2.77. The summed E-state index contributed by atoms with van der Waals surface area (Å²) in [6.45, 7) is -5.05. The molecule has 0 radical (unpaired) electrons. The first kappa shape index (κ1) is 14.4. The Labute approximate surface area is 123 Å². The average Bonchev–Trinajstić information content (AvgIpc) is 2.03. The van der Waals surface area contributed by atoms with Crippen molar-refractivity contribution < 1.29 is 64.3 Å². The first-order chi connectivity index (χ1) is 5.91. The Kier molecular flexibility index (Phi) is 5.60. The molecule has 0 aliphatic rings. The van der Waals surface area contributed by atoms with Gasteiger partial charge in [-0.05, 0) is 0 Å². The molecule has 0 fully saturated rings. The molecule has 1 aromatic heterocycles. The molecule has 0 atom stereocenters. The van der Waals surface area contributed by atoms with E-state index in [1.807, 2.05) is 0 Å². The molecular formula is C6H8BF3KN3. The molecule has 0 aliphatic heterocycles. The minimum absolute atomic E-state index is 0. The van der Waals surface area contributed by atoms with E-state index in [4.69, 9.17) is 0 Å². The van der Waals surface area contributed by atoms with E-state index in [0.717, 1.165) is 6.20 Å². The summed E-state index contributed by atoms with van der Waals surface area (Å²) in [5.74, 6) is 0.205. The van der Waals surface area contributed by atoms with E-state index in [2.05, 4.69) is 9.97 Å². The van der Waals surface area contributed by atoms with Crippen molar-refractivity contribution in [1.82, 2.24) is 9.97 Å². The van der Waals surface area contributed by atoms with Crippen molar-refractivity contribution in [2.24, 2.45) is 0 Å². The molecule has 0 amide bonds. The second-order valence-corrected chi connectivity index (χ2v) is 2.77. The van der Waals surface area contributed by atoms with Crippen LogP contribution in [0.5, 0.6) is 0 Å². The van der Waals surface area contributed by atoms with Crippen LogP contribution in [0.15, 0.2) is 12.4 Å². The fraction of sp³-hybridized carbons (Fsp3) is 0.333. The third kappa shape index (κ3) is 3.85. The smallest absolute Gasteiger partial charge is 0.444 e. The maximum Gasteiger partial charge on any atom is 1.00 e. The number of hydrogen-bond acceptors (Lipinski definition) is 3. The molecule has 1 heterocycles. The first-order valence-corrected chi connectivity index (χ1v) is 3.60. The van der Waals surface area contributed by atoms with E-state index in [0.29, 0.717) is 0 Å². The van der Waals surface area contributed by atoms with E-state index < -0.39 is 12.6 Å². The Balaban J connectivity index is 0.00000169. The molecule has 0 saturated heterocycles. The van der Waals surface area contributed by atoms with Crippen molar-refractivity contribution in [3.8, 4) is 0 Å². The number of aromatic nitrogens is 2. The average molecular weight is 229 g/mol. The van der Waals surface area contributed by atoms with Gasteiger partial charge in [0.1, 0.15) is 5.82 Å². The summed E-state index contributed by atoms with van der Waals surface area (Å²) < 4.78 is 36.5. The van der Waals surface area contributed by atoms with Crippen LogP contribution in [0.3, 0.4) is 0 Å². The van der Waals surface area contributed by atoms with Crippen LogP contribution in [0, 0.1) is 0 Å². The Hall–Kier alpha value is 0.371. The molecule has 1 rings (SSSR count). The van der Waals surface area contributed by atoms with Crippen LogP contribution in [0.4, 0.5) is 18.8 Å². The van der Waals surface area contributed by atoms with Crippen molar-refractivity contribution in [2.45, 2.75) is 0 Å². The summed E-state index contributed by atoms with van der Waals surface area (Å²) in [6.07, 6.45) is 2.01. The Morgan fingerprint density at radius 3 is 2.21 bits per heavy atom. The van der Waals surface area contributed by atoms with E-state index in [1.54, 1.807) is 14.1 Å². The molecule has 0 aromatic carbocycles. The quantitative estimate of drug-likeness (QED) is 0.529.